The van der Waals surface area contributed by atoms with Gasteiger partial charge in [-0.05, 0) is 158 Å². The van der Waals surface area contributed by atoms with Crippen LogP contribution in [0.15, 0.2) is 130 Å². The summed E-state index contributed by atoms with van der Waals surface area (Å²) in [5.41, 5.74) is 22.7. The van der Waals surface area contributed by atoms with E-state index < -0.39 is 76.8 Å². The lowest BCUT2D eigenvalue weighted by Gasteiger charge is -2.61. The Balaban J connectivity index is 1.14. The minimum absolute atomic E-state index is 0.0608. The molecule has 1 amide bonds. The number of guanidine groups is 1. The maximum absolute atomic E-state index is 15.4. The van der Waals surface area contributed by atoms with Crippen molar-refractivity contribution >= 4 is 17.6 Å². The van der Waals surface area contributed by atoms with E-state index >= 15 is 4.79 Å². The van der Waals surface area contributed by atoms with Gasteiger partial charge in [0.15, 0.2) is 11.7 Å². The number of fused-ring (bicyclic) bond motifs is 3. The molecule has 3 aliphatic carbocycles. The van der Waals surface area contributed by atoms with E-state index in [-0.39, 0.29) is 62.6 Å². The SMILES string of the molecule is C=C1C=CC=C(C2CC3CCCC4(O)CCC5=C(C)C(=O)Cc6cccc7c6C(NCC(O)C(C(CN=C(N)N)c6ccc(O)cc6)Cc6cccc(c6)CC(O)CCC5C34C2O)C(=O)NC7N)COCC#CCC(C)=CCC1(O)NCC. The first kappa shape index (κ1) is 61.3. The van der Waals surface area contributed by atoms with Crippen LogP contribution < -0.4 is 33.2 Å². The average Bonchev–Trinajstić information content (AvgIpc) is 1.74. The van der Waals surface area contributed by atoms with E-state index in [9.17, 15) is 35.4 Å². The molecule has 3 aliphatic heterocycles. The molecular weight excluding hydrogens is 1050 g/mol. The Labute approximate surface area is 489 Å². The van der Waals surface area contributed by atoms with E-state index in [1.807, 2.05) is 81.5 Å². The first-order valence-corrected chi connectivity index (χ1v) is 29.8. The number of likely N-dealkylation sites (N-methyl/N-ethyl adjacent to an activating group) is 1. The van der Waals surface area contributed by atoms with Gasteiger partial charge in [0.2, 0.25) is 5.91 Å². The molecule has 83 heavy (non-hydrogen) atoms. The molecule has 13 atom stereocenters. The number of aliphatic imine (C=N–C) groups is 1. The van der Waals surface area contributed by atoms with Crippen molar-refractivity contribution in [2.24, 2.45) is 51.3 Å². The number of β-amino-alcohol motifs (C(OH)–C–C–N with tert-alkyl or cyclic N) is 1. The van der Waals surface area contributed by atoms with Crippen LogP contribution in [0.4, 0.5) is 0 Å². The fourth-order valence-electron chi connectivity index (χ4n) is 15.2. The van der Waals surface area contributed by atoms with Crippen LogP contribution in [-0.2, 0) is 33.6 Å². The molecule has 2 bridgehead atoms. The fraction of sp³-hybridized carbons (Fsp3) is 0.507. The number of benzene rings is 3. The van der Waals surface area contributed by atoms with Crippen LogP contribution in [0.2, 0.25) is 0 Å². The summed E-state index contributed by atoms with van der Waals surface area (Å²) in [6, 6.07) is 19.1. The summed E-state index contributed by atoms with van der Waals surface area (Å²) in [6.07, 6.45) is 8.98. The average molecular weight is 1130 g/mol. The largest absolute Gasteiger partial charge is 0.508 e. The number of ketones is 1. The monoisotopic (exact) mass is 1130 g/mol. The zero-order valence-corrected chi connectivity index (χ0v) is 48.5. The molecule has 9 rings (SSSR count). The van der Waals surface area contributed by atoms with Gasteiger partial charge in [-0.15, -0.1) is 0 Å². The highest BCUT2D eigenvalue weighted by Gasteiger charge is 2.70. The van der Waals surface area contributed by atoms with Crippen molar-refractivity contribution in [2.75, 3.05) is 32.8 Å². The van der Waals surface area contributed by atoms with Crippen molar-refractivity contribution in [3.05, 3.63) is 159 Å². The summed E-state index contributed by atoms with van der Waals surface area (Å²) in [4.78, 5) is 34.0. The number of hydrogen-bond donors (Lipinski definition) is 12. The molecule has 3 saturated carbocycles. The number of phenols is 1. The van der Waals surface area contributed by atoms with Crippen molar-refractivity contribution in [3.8, 4) is 17.6 Å². The summed E-state index contributed by atoms with van der Waals surface area (Å²) in [5.74, 6) is 3.53. The van der Waals surface area contributed by atoms with Gasteiger partial charge in [-0.2, -0.15) is 0 Å². The van der Waals surface area contributed by atoms with Gasteiger partial charge in [0.25, 0.3) is 0 Å². The van der Waals surface area contributed by atoms with Crippen molar-refractivity contribution in [1.29, 1.82) is 0 Å². The molecule has 1 spiro atoms. The minimum Gasteiger partial charge on any atom is -0.508 e. The number of phenolic OH excluding ortho intramolecular Hbond substituents is 1. The molecule has 3 heterocycles. The lowest BCUT2D eigenvalue weighted by molar-refractivity contribution is -0.216. The van der Waals surface area contributed by atoms with E-state index in [1.165, 1.54) is 0 Å². The van der Waals surface area contributed by atoms with E-state index in [0.29, 0.717) is 92.2 Å². The lowest BCUT2D eigenvalue weighted by atomic mass is 9.45. The van der Waals surface area contributed by atoms with E-state index in [0.717, 1.165) is 46.3 Å². The Morgan fingerprint density at radius 1 is 0.976 bits per heavy atom. The molecule has 3 aromatic rings. The second-order valence-electron chi connectivity index (χ2n) is 24.3. The topological polar surface area (TPSA) is 291 Å². The summed E-state index contributed by atoms with van der Waals surface area (Å²) in [5, 5.41) is 83.5. The van der Waals surface area contributed by atoms with Crippen molar-refractivity contribution < 1.29 is 45.0 Å². The van der Waals surface area contributed by atoms with Crippen LogP contribution in [0.1, 0.15) is 136 Å². The van der Waals surface area contributed by atoms with Crippen LogP contribution in [0, 0.1) is 40.9 Å². The second-order valence-corrected chi connectivity index (χ2v) is 24.3. The van der Waals surface area contributed by atoms with Crippen molar-refractivity contribution in [2.45, 2.75) is 152 Å². The quantitative estimate of drug-likeness (QED) is 0.0430. The number of nitrogens with two attached hydrogens (primary N) is 3. The van der Waals surface area contributed by atoms with E-state index in [1.54, 1.807) is 30.3 Å². The Bertz CT molecular complexity index is 3100. The van der Waals surface area contributed by atoms with Gasteiger partial charge in [0, 0.05) is 49.6 Å². The molecule has 444 valence electrons. The van der Waals surface area contributed by atoms with Crippen LogP contribution in [0.3, 0.4) is 0 Å². The first-order valence-electron chi connectivity index (χ1n) is 29.8. The number of nitrogens with zero attached hydrogens (tertiary/aromatic N) is 1. The van der Waals surface area contributed by atoms with Crippen LogP contribution >= 0.6 is 0 Å². The van der Waals surface area contributed by atoms with Crippen LogP contribution in [-0.4, -0.2) is 111 Å². The number of Topliss-reactive ketones (excluding diaryl/α,β-unsaturated/α-hetero) is 1. The summed E-state index contributed by atoms with van der Waals surface area (Å²) < 4.78 is 6.30. The van der Waals surface area contributed by atoms with Gasteiger partial charge in [-0.25, -0.2) is 0 Å². The third kappa shape index (κ3) is 13.0. The molecule has 3 fully saturated rings. The lowest BCUT2D eigenvalue weighted by Crippen LogP contribution is -2.65. The van der Waals surface area contributed by atoms with E-state index in [4.69, 9.17) is 21.9 Å². The highest BCUT2D eigenvalue weighted by atomic mass is 16.5. The van der Waals surface area contributed by atoms with Gasteiger partial charge in [-0.3, -0.25) is 25.2 Å². The molecule has 3 aromatic carbocycles. The number of aromatic hydroxyl groups is 1. The van der Waals surface area contributed by atoms with Crippen molar-refractivity contribution in [3.63, 3.8) is 0 Å². The summed E-state index contributed by atoms with van der Waals surface area (Å²) >= 11 is 0. The van der Waals surface area contributed by atoms with E-state index in [2.05, 4.69) is 39.4 Å². The number of aliphatic hydroxyl groups is 5. The summed E-state index contributed by atoms with van der Waals surface area (Å²) in [7, 11) is 0. The number of carbonyl (C=O) groups excluding carboxylic acids is 2. The van der Waals surface area contributed by atoms with Gasteiger partial charge < -0.3 is 57.9 Å². The number of hydrogen-bond acceptors (Lipinski definition) is 13. The normalized spacial score (nSPS) is 32.5. The highest BCUT2D eigenvalue weighted by molar-refractivity contribution is 5.98. The zero-order chi connectivity index (χ0) is 59.2. The van der Waals surface area contributed by atoms with Gasteiger partial charge >= 0.3 is 0 Å². The predicted molar refractivity (Wildman–Crippen MR) is 322 cm³/mol. The molecule has 0 saturated heterocycles. The summed E-state index contributed by atoms with van der Waals surface area (Å²) in [6.45, 7) is 10.9. The number of amides is 1. The Kier molecular flexibility index (Phi) is 19.5. The molecule has 16 nitrogen and oxygen atoms in total. The van der Waals surface area contributed by atoms with Crippen LogP contribution in [0.25, 0.3) is 0 Å². The Morgan fingerprint density at radius 2 is 1.73 bits per heavy atom. The third-order valence-corrected chi connectivity index (χ3v) is 19.3. The molecular formula is C67H87N7O9. The molecule has 13 unspecified atom stereocenters. The maximum Gasteiger partial charge on any atom is 0.243 e. The fourth-order valence-corrected chi connectivity index (χ4v) is 15.2. The Morgan fingerprint density at radius 3 is 2.49 bits per heavy atom. The zero-order valence-electron chi connectivity index (χ0n) is 48.5. The molecule has 6 aliphatic rings. The number of rotatable bonds is 7. The second kappa shape index (κ2) is 26.4. The van der Waals surface area contributed by atoms with Gasteiger partial charge in [0.1, 0.15) is 30.3 Å². The molecule has 0 aromatic heterocycles. The molecule has 15 N–H and O–H groups in total. The Hall–Kier alpha value is -6.23. The number of allylic oxidation sites excluding steroid dienone is 5. The molecule has 0 radical (unpaired) electrons. The number of ether oxygens (including phenoxy) is 1. The number of carbonyl (C=O) groups is 2. The number of nitrogens with one attached hydrogen (secondary N) is 3. The first-order chi connectivity index (χ1) is 39.8. The van der Waals surface area contributed by atoms with Gasteiger partial charge in [0.05, 0.1) is 30.5 Å². The van der Waals surface area contributed by atoms with Crippen LogP contribution in [0.5, 0.6) is 5.75 Å². The third-order valence-electron chi connectivity index (χ3n) is 19.3. The van der Waals surface area contributed by atoms with Crippen molar-refractivity contribution in [1.82, 2.24) is 16.0 Å². The maximum atomic E-state index is 15.4. The molecule has 16 heteroatoms. The standard InChI is InChI=1S/C67H87N7O9/c1-5-73-66(82)30-26-40(2)12-6-7-31-83-39-47(17-8-13-41(66)3)53-36-48-18-11-28-65(81)29-27-51-42(4)57(77)35-46-16-10-19-52-59(46)60(63(80)74-62(52)68)71-38-58(78)54(55(37-72-64(69)70)45-20-22-49(75)23-21-45)34-44-15-9-14-43(32-44)33-50(76)24-25-56(51)67(48,65)61(53)79/h8-10,13-17,19-23,26,32,48,50,53-56,58,60-62,71,73,75-76,78-79,81-82H,3,5,11-12,18,24-25,27-31,33-39,68H2,1-2,4H3,(H,74,80)(H4,69,70,72). The minimum atomic E-state index is -1.40. The highest BCUT2D eigenvalue weighted by Crippen LogP contribution is 2.69. The number of aliphatic hydroxyl groups excluding tert-OH is 3. The smallest absolute Gasteiger partial charge is 0.243 e. The predicted octanol–water partition coefficient (Wildman–Crippen LogP) is 5.92. The van der Waals surface area contributed by atoms with Gasteiger partial charge in [-0.1, -0.05) is 122 Å².